The van der Waals surface area contributed by atoms with Gasteiger partial charge in [-0.25, -0.2) is 13.1 Å². The molecule has 1 aliphatic carbocycles. The molecule has 2 aromatic carbocycles. The van der Waals surface area contributed by atoms with Gasteiger partial charge in [0, 0.05) is 13.0 Å². The first-order chi connectivity index (χ1) is 14.5. The molecule has 0 bridgehead atoms. The number of benzene rings is 2. The molecule has 0 saturated heterocycles. The smallest absolute Gasteiger partial charge is 0.240 e. The van der Waals surface area contributed by atoms with Gasteiger partial charge in [0.25, 0.3) is 0 Å². The number of carbonyl (C=O) groups excluding carboxylic acids is 1. The number of methoxy groups -OCH3 is 1. The summed E-state index contributed by atoms with van der Waals surface area (Å²) in [5.41, 5.74) is 2.34. The number of fused-ring (bicyclic) bond motifs is 1. The van der Waals surface area contributed by atoms with Crippen molar-refractivity contribution >= 4 is 15.9 Å². The minimum absolute atomic E-state index is 0.0462. The highest BCUT2D eigenvalue weighted by Crippen LogP contribution is 2.24. The van der Waals surface area contributed by atoms with Gasteiger partial charge in [-0.15, -0.1) is 0 Å². The number of carbonyl (C=O) groups is 1. The minimum Gasteiger partial charge on any atom is -0.497 e. The first-order valence-corrected chi connectivity index (χ1v) is 11.6. The number of sulfonamides is 1. The van der Waals surface area contributed by atoms with Gasteiger partial charge in [0.15, 0.2) is 0 Å². The Hall–Kier alpha value is -2.58. The fourth-order valence-electron chi connectivity index (χ4n) is 3.38. The van der Waals surface area contributed by atoms with Gasteiger partial charge in [0.2, 0.25) is 15.9 Å². The molecule has 30 heavy (non-hydrogen) atoms. The Morgan fingerprint density at radius 1 is 0.967 bits per heavy atom. The lowest BCUT2D eigenvalue weighted by Gasteiger charge is -2.16. The minimum atomic E-state index is -3.62. The van der Waals surface area contributed by atoms with Crippen molar-refractivity contribution in [2.45, 2.75) is 37.0 Å². The number of hydrogen-bond acceptors (Lipinski definition) is 5. The summed E-state index contributed by atoms with van der Waals surface area (Å²) in [4.78, 5) is 12.2. The fraction of sp³-hybridized carbons (Fsp3) is 0.409. The fourth-order valence-corrected chi connectivity index (χ4v) is 4.46. The van der Waals surface area contributed by atoms with E-state index < -0.39 is 10.0 Å². The highest BCUT2D eigenvalue weighted by atomic mass is 32.2. The summed E-state index contributed by atoms with van der Waals surface area (Å²) in [6.07, 6.45) is 4.22. The molecular weight excluding hydrogens is 404 g/mol. The molecule has 0 heterocycles. The van der Waals surface area contributed by atoms with Gasteiger partial charge in [-0.1, -0.05) is 6.07 Å². The Kier molecular flexibility index (Phi) is 7.70. The van der Waals surface area contributed by atoms with E-state index in [9.17, 15) is 13.2 Å². The predicted octanol–water partition coefficient (Wildman–Crippen LogP) is 2.44. The van der Waals surface area contributed by atoms with Crippen LogP contribution in [0, 0.1) is 0 Å². The van der Waals surface area contributed by atoms with Crippen molar-refractivity contribution < 1.29 is 22.7 Å². The Balaban J connectivity index is 1.37. The van der Waals surface area contributed by atoms with Crippen LogP contribution in [0.15, 0.2) is 47.4 Å². The number of amides is 1. The van der Waals surface area contributed by atoms with Crippen LogP contribution in [0.3, 0.4) is 0 Å². The van der Waals surface area contributed by atoms with Crippen molar-refractivity contribution in [3.05, 3.63) is 53.6 Å². The van der Waals surface area contributed by atoms with Crippen LogP contribution in [-0.2, 0) is 27.7 Å². The summed E-state index contributed by atoms with van der Waals surface area (Å²) in [7, 11) is -2.03. The van der Waals surface area contributed by atoms with E-state index in [-0.39, 0.29) is 23.8 Å². The first kappa shape index (κ1) is 22.1. The third kappa shape index (κ3) is 6.21. The van der Waals surface area contributed by atoms with Crippen molar-refractivity contribution in [2.24, 2.45) is 0 Å². The number of ether oxygens (including phenoxy) is 2. The Labute approximate surface area is 177 Å². The molecule has 162 valence electrons. The predicted molar refractivity (Wildman–Crippen MR) is 114 cm³/mol. The molecule has 0 radical (unpaired) electrons. The van der Waals surface area contributed by atoms with Crippen LogP contribution < -0.4 is 19.5 Å². The third-order valence-electron chi connectivity index (χ3n) is 5.03. The summed E-state index contributed by atoms with van der Waals surface area (Å²) < 4.78 is 38.1. The number of aryl methyl sites for hydroxylation is 2. The van der Waals surface area contributed by atoms with Crippen molar-refractivity contribution in [2.75, 3.05) is 26.8 Å². The Morgan fingerprint density at radius 3 is 2.40 bits per heavy atom. The van der Waals surface area contributed by atoms with E-state index in [4.69, 9.17) is 9.47 Å². The number of rotatable bonds is 10. The van der Waals surface area contributed by atoms with Crippen molar-refractivity contribution in [3.63, 3.8) is 0 Å². The number of hydrogen-bond donors (Lipinski definition) is 2. The zero-order valence-electron chi connectivity index (χ0n) is 17.1. The summed E-state index contributed by atoms with van der Waals surface area (Å²) in [5.74, 6) is 1.19. The maximum absolute atomic E-state index is 12.5. The van der Waals surface area contributed by atoms with Crippen LogP contribution in [0.2, 0.25) is 0 Å². The third-order valence-corrected chi connectivity index (χ3v) is 6.49. The number of nitrogens with one attached hydrogen (secondary N) is 2. The molecule has 0 atom stereocenters. The van der Waals surface area contributed by atoms with E-state index in [2.05, 4.69) is 10.0 Å². The lowest BCUT2D eigenvalue weighted by molar-refractivity contribution is -0.121. The largest absolute Gasteiger partial charge is 0.497 e. The second-order valence-electron chi connectivity index (χ2n) is 7.16. The average Bonchev–Trinajstić information content (AvgIpc) is 2.76. The molecule has 1 amide bonds. The zero-order valence-corrected chi connectivity index (χ0v) is 18.0. The van der Waals surface area contributed by atoms with Crippen LogP contribution in [0.5, 0.6) is 11.5 Å². The summed E-state index contributed by atoms with van der Waals surface area (Å²) in [6.45, 7) is 0.700. The Bertz CT molecular complexity index is 958. The molecular formula is C22H28N2O5S. The second-order valence-corrected chi connectivity index (χ2v) is 8.93. The van der Waals surface area contributed by atoms with Gasteiger partial charge in [0.05, 0.1) is 18.6 Å². The van der Waals surface area contributed by atoms with Crippen LogP contribution in [0.25, 0.3) is 0 Å². The highest BCUT2D eigenvalue weighted by Gasteiger charge is 2.17. The van der Waals surface area contributed by atoms with Gasteiger partial charge in [-0.3, -0.25) is 4.79 Å². The molecule has 8 heteroatoms. The van der Waals surface area contributed by atoms with E-state index in [1.807, 2.05) is 6.07 Å². The molecule has 0 fully saturated rings. The van der Waals surface area contributed by atoms with Crippen molar-refractivity contribution in [3.8, 4) is 11.5 Å². The van der Waals surface area contributed by atoms with E-state index in [1.165, 1.54) is 5.56 Å². The molecule has 0 spiro atoms. The van der Waals surface area contributed by atoms with E-state index in [0.717, 1.165) is 37.0 Å². The van der Waals surface area contributed by atoms with Gasteiger partial charge >= 0.3 is 0 Å². The molecule has 0 saturated carbocycles. The summed E-state index contributed by atoms with van der Waals surface area (Å²) >= 11 is 0. The van der Waals surface area contributed by atoms with Gasteiger partial charge in [0.1, 0.15) is 18.1 Å². The van der Waals surface area contributed by atoms with Crippen LogP contribution >= 0.6 is 0 Å². The maximum Gasteiger partial charge on any atom is 0.240 e. The van der Waals surface area contributed by atoms with E-state index in [0.29, 0.717) is 18.9 Å². The quantitative estimate of drug-likeness (QED) is 0.563. The molecule has 7 nitrogen and oxygen atoms in total. The van der Waals surface area contributed by atoms with E-state index in [1.54, 1.807) is 43.5 Å². The zero-order chi connectivity index (χ0) is 21.4. The lowest BCUT2D eigenvalue weighted by atomic mass is 9.92. The normalized spacial score (nSPS) is 13.4. The molecule has 1 aliphatic rings. The SMILES string of the molecule is COc1ccc(OCCNC(=O)CCNS(=O)(=O)c2ccc3c(c2)CCCC3)cc1. The van der Waals surface area contributed by atoms with Crippen LogP contribution in [0.1, 0.15) is 30.4 Å². The Morgan fingerprint density at radius 2 is 1.67 bits per heavy atom. The lowest BCUT2D eigenvalue weighted by Crippen LogP contribution is -2.32. The van der Waals surface area contributed by atoms with Crippen LogP contribution in [0.4, 0.5) is 0 Å². The molecule has 3 rings (SSSR count). The molecule has 0 aromatic heterocycles. The maximum atomic E-state index is 12.5. The van der Waals surface area contributed by atoms with E-state index >= 15 is 0 Å². The van der Waals surface area contributed by atoms with Gasteiger partial charge in [-0.2, -0.15) is 0 Å². The second kappa shape index (κ2) is 10.4. The average molecular weight is 433 g/mol. The monoisotopic (exact) mass is 432 g/mol. The highest BCUT2D eigenvalue weighted by molar-refractivity contribution is 7.89. The van der Waals surface area contributed by atoms with Gasteiger partial charge in [-0.05, 0) is 73.2 Å². The molecule has 2 N–H and O–H groups in total. The van der Waals surface area contributed by atoms with Crippen molar-refractivity contribution in [1.29, 1.82) is 0 Å². The summed E-state index contributed by atoms with van der Waals surface area (Å²) in [6, 6.07) is 12.5. The molecule has 2 aromatic rings. The van der Waals surface area contributed by atoms with Crippen molar-refractivity contribution in [1.82, 2.24) is 10.0 Å². The molecule has 0 unspecified atom stereocenters. The summed E-state index contributed by atoms with van der Waals surface area (Å²) in [5, 5.41) is 2.72. The standard InChI is InChI=1S/C22H28N2O5S/c1-28-19-7-9-20(10-8-19)29-15-14-23-22(25)12-13-24-30(26,27)21-11-6-17-4-2-3-5-18(17)16-21/h6-11,16,24H,2-5,12-15H2,1H3,(H,23,25). The van der Waals surface area contributed by atoms with Crippen LogP contribution in [-0.4, -0.2) is 41.1 Å². The first-order valence-electron chi connectivity index (χ1n) is 10.1. The topological polar surface area (TPSA) is 93.7 Å². The molecule has 0 aliphatic heterocycles. The van der Waals surface area contributed by atoms with Gasteiger partial charge < -0.3 is 14.8 Å².